The van der Waals surface area contributed by atoms with Gasteiger partial charge in [-0.1, -0.05) is 48.0 Å². The smallest absolute Gasteiger partial charge is 0.00670 e. The molecule has 0 spiro atoms. The molecule has 1 aliphatic heterocycles. The maximum Gasteiger partial charge on any atom is 0.00670 e. The van der Waals surface area contributed by atoms with E-state index in [0.717, 1.165) is 6.04 Å². The van der Waals surface area contributed by atoms with Crippen LogP contribution >= 0.6 is 15.9 Å². The average Bonchev–Trinajstić information content (AvgIpc) is 2.46. The number of rotatable bonds is 6. The molecule has 0 saturated carbocycles. The van der Waals surface area contributed by atoms with Crippen LogP contribution in [0.4, 0.5) is 0 Å². The molecule has 1 nitrogen and oxygen atoms in total. The number of halogens is 1. The van der Waals surface area contributed by atoms with Gasteiger partial charge >= 0.3 is 0 Å². The molecule has 0 aliphatic carbocycles. The summed E-state index contributed by atoms with van der Waals surface area (Å²) in [5.41, 5.74) is 0. The lowest BCUT2D eigenvalue weighted by atomic mass is 10.0. The summed E-state index contributed by atoms with van der Waals surface area (Å²) in [6.45, 7) is 1.26. The molecule has 2 heteroatoms. The lowest BCUT2D eigenvalue weighted by Gasteiger charge is -2.15. The molecule has 0 aromatic carbocycles. The fourth-order valence-corrected chi connectivity index (χ4v) is 2.58. The molecule has 0 amide bonds. The Bertz CT molecular complexity index is 119. The minimum absolute atomic E-state index is 0.835. The van der Waals surface area contributed by atoms with Gasteiger partial charge in [0.15, 0.2) is 0 Å². The van der Waals surface area contributed by atoms with E-state index in [1.165, 1.54) is 69.7 Å². The number of nitrogens with one attached hydrogen (secondary N) is 1. The highest BCUT2D eigenvalue weighted by Gasteiger charge is 2.10. The minimum atomic E-state index is 0.835. The van der Waals surface area contributed by atoms with E-state index in [0.29, 0.717) is 0 Å². The van der Waals surface area contributed by atoms with Gasteiger partial charge in [0.2, 0.25) is 0 Å². The van der Waals surface area contributed by atoms with Gasteiger partial charge in [0.1, 0.15) is 0 Å². The average molecular weight is 262 g/mol. The molecule has 1 unspecified atom stereocenters. The zero-order chi connectivity index (χ0) is 10.1. The van der Waals surface area contributed by atoms with E-state index in [2.05, 4.69) is 21.2 Å². The Kier molecular flexibility index (Phi) is 7.80. The predicted molar refractivity (Wildman–Crippen MR) is 67.1 cm³/mol. The van der Waals surface area contributed by atoms with Crippen LogP contribution in [0.5, 0.6) is 0 Å². The third-order valence-electron chi connectivity index (χ3n) is 3.10. The predicted octanol–water partition coefficient (Wildman–Crippen LogP) is 3.86. The topological polar surface area (TPSA) is 12.0 Å². The Labute approximate surface area is 97.2 Å². The maximum atomic E-state index is 3.66. The first-order chi connectivity index (χ1) is 6.93. The molecule has 0 bridgehead atoms. The third-order valence-corrected chi connectivity index (χ3v) is 3.66. The van der Waals surface area contributed by atoms with Crippen molar-refractivity contribution in [2.24, 2.45) is 0 Å². The van der Waals surface area contributed by atoms with Gasteiger partial charge in [-0.05, 0) is 32.2 Å². The lowest BCUT2D eigenvalue weighted by Crippen LogP contribution is -2.27. The van der Waals surface area contributed by atoms with Crippen molar-refractivity contribution in [1.82, 2.24) is 5.32 Å². The van der Waals surface area contributed by atoms with Crippen LogP contribution in [0.25, 0.3) is 0 Å². The van der Waals surface area contributed by atoms with Gasteiger partial charge < -0.3 is 5.32 Å². The monoisotopic (exact) mass is 261 g/mol. The van der Waals surface area contributed by atoms with Crippen molar-refractivity contribution in [1.29, 1.82) is 0 Å². The van der Waals surface area contributed by atoms with Crippen molar-refractivity contribution in [2.45, 2.75) is 63.8 Å². The molecule has 0 aromatic heterocycles. The van der Waals surface area contributed by atoms with Gasteiger partial charge in [-0.25, -0.2) is 0 Å². The molecule has 84 valence electrons. The highest BCUT2D eigenvalue weighted by atomic mass is 79.9. The molecule has 1 atom stereocenters. The molecule has 1 N–H and O–H groups in total. The van der Waals surface area contributed by atoms with E-state index in [4.69, 9.17) is 0 Å². The van der Waals surface area contributed by atoms with E-state index in [1.54, 1.807) is 0 Å². The second-order valence-electron chi connectivity index (χ2n) is 4.39. The summed E-state index contributed by atoms with van der Waals surface area (Å²) in [5, 5.41) is 4.84. The second kappa shape index (κ2) is 8.72. The largest absolute Gasteiger partial charge is 0.314 e. The molecule has 1 heterocycles. The molecule has 1 aliphatic rings. The van der Waals surface area contributed by atoms with Crippen LogP contribution in [0.1, 0.15) is 57.8 Å². The lowest BCUT2D eigenvalue weighted by molar-refractivity contribution is 0.453. The van der Waals surface area contributed by atoms with E-state index < -0.39 is 0 Å². The SMILES string of the molecule is BrCCCCCCC1CCCCCN1. The summed E-state index contributed by atoms with van der Waals surface area (Å²) >= 11 is 3.48. The van der Waals surface area contributed by atoms with Crippen LogP contribution in [0, 0.1) is 0 Å². The summed E-state index contributed by atoms with van der Waals surface area (Å²) in [5.74, 6) is 0. The van der Waals surface area contributed by atoms with E-state index in [9.17, 15) is 0 Å². The summed E-state index contributed by atoms with van der Waals surface area (Å²) in [7, 11) is 0. The Morgan fingerprint density at radius 3 is 2.71 bits per heavy atom. The number of alkyl halides is 1. The maximum absolute atomic E-state index is 3.66. The quantitative estimate of drug-likeness (QED) is 0.566. The van der Waals surface area contributed by atoms with Crippen molar-refractivity contribution < 1.29 is 0 Å². The van der Waals surface area contributed by atoms with Gasteiger partial charge in [-0.3, -0.25) is 0 Å². The number of unbranched alkanes of at least 4 members (excludes halogenated alkanes) is 3. The summed E-state index contributed by atoms with van der Waals surface area (Å²) < 4.78 is 0. The van der Waals surface area contributed by atoms with E-state index >= 15 is 0 Å². The Morgan fingerprint density at radius 1 is 1.00 bits per heavy atom. The zero-order valence-electron chi connectivity index (χ0n) is 9.23. The van der Waals surface area contributed by atoms with E-state index in [1.807, 2.05) is 0 Å². The van der Waals surface area contributed by atoms with Gasteiger partial charge in [-0.15, -0.1) is 0 Å². The summed E-state index contributed by atoms with van der Waals surface area (Å²) in [6, 6.07) is 0.835. The Hall–Kier alpha value is 0.440. The first-order valence-corrected chi connectivity index (χ1v) is 7.35. The number of hydrogen-bond donors (Lipinski definition) is 1. The Balaban J connectivity index is 1.93. The van der Waals surface area contributed by atoms with Crippen LogP contribution in [-0.4, -0.2) is 17.9 Å². The summed E-state index contributed by atoms with van der Waals surface area (Å²) in [4.78, 5) is 0. The minimum Gasteiger partial charge on any atom is -0.314 e. The highest BCUT2D eigenvalue weighted by Crippen LogP contribution is 2.14. The van der Waals surface area contributed by atoms with Crippen molar-refractivity contribution in [3.63, 3.8) is 0 Å². The van der Waals surface area contributed by atoms with Crippen molar-refractivity contribution in [3.05, 3.63) is 0 Å². The highest BCUT2D eigenvalue weighted by molar-refractivity contribution is 9.09. The molecule has 1 saturated heterocycles. The standard InChI is InChI=1S/C12H24BrN/c13-10-6-2-1-4-8-12-9-5-3-7-11-14-12/h12,14H,1-11H2. The van der Waals surface area contributed by atoms with Crippen molar-refractivity contribution in [3.8, 4) is 0 Å². The van der Waals surface area contributed by atoms with Crippen LogP contribution in [-0.2, 0) is 0 Å². The fraction of sp³-hybridized carbons (Fsp3) is 1.00. The van der Waals surface area contributed by atoms with Gasteiger partial charge in [0, 0.05) is 11.4 Å². The van der Waals surface area contributed by atoms with Crippen molar-refractivity contribution >= 4 is 15.9 Å². The van der Waals surface area contributed by atoms with Gasteiger partial charge in [0.25, 0.3) is 0 Å². The molecule has 14 heavy (non-hydrogen) atoms. The van der Waals surface area contributed by atoms with E-state index in [-0.39, 0.29) is 0 Å². The molecule has 0 aromatic rings. The van der Waals surface area contributed by atoms with Gasteiger partial charge in [0.05, 0.1) is 0 Å². The van der Waals surface area contributed by atoms with Crippen LogP contribution < -0.4 is 5.32 Å². The third kappa shape index (κ3) is 6.02. The normalized spacial score (nSPS) is 23.4. The second-order valence-corrected chi connectivity index (χ2v) is 5.19. The Morgan fingerprint density at radius 2 is 1.86 bits per heavy atom. The van der Waals surface area contributed by atoms with Gasteiger partial charge in [-0.2, -0.15) is 0 Å². The molecule has 1 rings (SSSR count). The zero-order valence-corrected chi connectivity index (χ0v) is 10.8. The number of hydrogen-bond acceptors (Lipinski definition) is 1. The van der Waals surface area contributed by atoms with Crippen molar-refractivity contribution in [2.75, 3.05) is 11.9 Å². The first-order valence-electron chi connectivity index (χ1n) is 6.23. The first kappa shape index (κ1) is 12.5. The van der Waals surface area contributed by atoms with Crippen LogP contribution in [0.2, 0.25) is 0 Å². The summed E-state index contributed by atoms with van der Waals surface area (Å²) in [6.07, 6.45) is 12.7. The van der Waals surface area contributed by atoms with Crippen LogP contribution in [0.15, 0.2) is 0 Å². The molecule has 1 fully saturated rings. The molecular formula is C12H24BrN. The molecule has 0 radical (unpaired) electrons. The van der Waals surface area contributed by atoms with Crippen LogP contribution in [0.3, 0.4) is 0 Å². The fourth-order valence-electron chi connectivity index (χ4n) is 2.19. The molecular weight excluding hydrogens is 238 g/mol.